The summed E-state index contributed by atoms with van der Waals surface area (Å²) in [5.41, 5.74) is 0. The Morgan fingerprint density at radius 3 is 2.42 bits per heavy atom. The third-order valence-electron chi connectivity index (χ3n) is 1.40. The van der Waals surface area contributed by atoms with Gasteiger partial charge in [0.15, 0.2) is 0 Å². The molecule has 0 aliphatic heterocycles. The van der Waals surface area contributed by atoms with E-state index < -0.39 is 0 Å². The van der Waals surface area contributed by atoms with Crippen molar-refractivity contribution in [2.45, 2.75) is 26.4 Å². The van der Waals surface area contributed by atoms with E-state index in [0.717, 1.165) is 13.0 Å². The van der Waals surface area contributed by atoms with E-state index in [4.69, 9.17) is 0 Å². The van der Waals surface area contributed by atoms with Gasteiger partial charge in [-0.15, -0.1) is 12.4 Å². The number of rotatable bonds is 4. The maximum atomic E-state index is 4.07. The van der Waals surface area contributed by atoms with Crippen LogP contribution in [0.25, 0.3) is 0 Å². The van der Waals surface area contributed by atoms with E-state index >= 15 is 0 Å². The van der Waals surface area contributed by atoms with Crippen molar-refractivity contribution in [1.82, 2.24) is 4.90 Å². The minimum atomic E-state index is 0. The minimum absolute atomic E-state index is 0. The fourth-order valence-electron chi connectivity index (χ4n) is 0.402. The van der Waals surface area contributed by atoms with Gasteiger partial charge in [0.25, 0.3) is 0 Å². The molecule has 0 N–H and O–H groups in total. The molecule has 0 amide bonds. The van der Waals surface area contributed by atoms with Crippen molar-refractivity contribution in [1.29, 1.82) is 0 Å². The summed E-state index contributed by atoms with van der Waals surface area (Å²) in [6.07, 6.45) is 1.23. The molecule has 12 heavy (non-hydrogen) atoms. The second-order valence-electron chi connectivity index (χ2n) is 2.71. The first-order chi connectivity index (χ1) is 5.18. The van der Waals surface area contributed by atoms with Gasteiger partial charge in [0.05, 0.1) is 6.01 Å². The zero-order chi connectivity index (χ0) is 8.69. The van der Waals surface area contributed by atoms with E-state index in [1.54, 1.807) is 0 Å². The molecule has 0 aliphatic rings. The average molecular weight is 192 g/mol. The zero-order valence-corrected chi connectivity index (χ0v) is 9.06. The van der Waals surface area contributed by atoms with Crippen molar-refractivity contribution in [2.24, 2.45) is 9.98 Å². The minimum Gasteiger partial charge on any atom is -0.288 e. The number of aliphatic imine (C=N–C) groups is 2. The van der Waals surface area contributed by atoms with Crippen molar-refractivity contribution in [3.05, 3.63) is 0 Å². The molecule has 0 saturated heterocycles. The monoisotopic (exact) mass is 191 g/mol. The summed E-state index contributed by atoms with van der Waals surface area (Å²) in [4.78, 5) is 10.0. The van der Waals surface area contributed by atoms with Crippen LogP contribution in [-0.4, -0.2) is 37.7 Å². The highest BCUT2D eigenvalue weighted by Gasteiger charge is 1.97. The number of hydrogen-bond acceptors (Lipinski definition) is 3. The van der Waals surface area contributed by atoms with Gasteiger partial charge in [-0.25, -0.2) is 9.98 Å². The van der Waals surface area contributed by atoms with Crippen molar-refractivity contribution in [3.63, 3.8) is 0 Å². The molecule has 0 aliphatic carbocycles. The van der Waals surface area contributed by atoms with Gasteiger partial charge in [-0.1, -0.05) is 6.92 Å². The Morgan fingerprint density at radius 2 is 2.00 bits per heavy atom. The first-order valence-corrected chi connectivity index (χ1v) is 3.96. The van der Waals surface area contributed by atoms with E-state index in [1.807, 2.05) is 25.9 Å². The molecular formula is C8H18ClN3. The average Bonchev–Trinajstić information content (AvgIpc) is 1.97. The maximum absolute atomic E-state index is 4.07. The number of hydrogen-bond donors (Lipinski definition) is 0. The standard InChI is InChI=1S/C8H17N3.ClH/c1-5-6-9-7-10-8(2)11(3)4;/h8H,5-6H2,1-4H3;1H. The summed E-state index contributed by atoms with van der Waals surface area (Å²) in [6, 6.07) is 2.68. The lowest BCUT2D eigenvalue weighted by Gasteiger charge is -2.12. The number of nitrogens with zero attached hydrogens (tertiary/aromatic N) is 3. The molecule has 0 aromatic rings. The molecule has 4 heteroatoms. The molecule has 1 atom stereocenters. The molecule has 72 valence electrons. The van der Waals surface area contributed by atoms with Gasteiger partial charge in [0.1, 0.15) is 6.17 Å². The smallest absolute Gasteiger partial charge is 0.110 e. The van der Waals surface area contributed by atoms with Crippen molar-refractivity contribution >= 4 is 18.4 Å². The normalized spacial score (nSPS) is 11.4. The van der Waals surface area contributed by atoms with Gasteiger partial charge in [-0.3, -0.25) is 4.90 Å². The van der Waals surface area contributed by atoms with Gasteiger partial charge >= 0.3 is 0 Å². The zero-order valence-electron chi connectivity index (χ0n) is 8.24. The first kappa shape index (κ1) is 14.2. The lowest BCUT2D eigenvalue weighted by molar-refractivity contribution is 0.325. The Kier molecular flexibility index (Phi) is 10.3. The van der Waals surface area contributed by atoms with Crippen LogP contribution in [0.15, 0.2) is 9.98 Å². The Hall–Kier alpha value is -0.370. The van der Waals surface area contributed by atoms with E-state index in [0.29, 0.717) is 0 Å². The van der Waals surface area contributed by atoms with Gasteiger partial charge in [-0.2, -0.15) is 0 Å². The van der Waals surface area contributed by atoms with Crippen LogP contribution in [0.3, 0.4) is 0 Å². The molecule has 0 rings (SSSR count). The molecule has 0 fully saturated rings. The van der Waals surface area contributed by atoms with Crippen LogP contribution in [0, 0.1) is 0 Å². The SMILES string of the molecule is CCCN=C=NC(C)N(C)C.Cl. The van der Waals surface area contributed by atoms with Crippen LogP contribution < -0.4 is 0 Å². The van der Waals surface area contributed by atoms with Gasteiger partial charge in [0.2, 0.25) is 0 Å². The predicted molar refractivity (Wildman–Crippen MR) is 55.4 cm³/mol. The quantitative estimate of drug-likeness (QED) is 0.624. The molecular weight excluding hydrogens is 174 g/mol. The summed E-state index contributed by atoms with van der Waals surface area (Å²) < 4.78 is 0. The molecule has 0 spiro atoms. The van der Waals surface area contributed by atoms with Gasteiger partial charge < -0.3 is 0 Å². The fraction of sp³-hybridized carbons (Fsp3) is 0.875. The second kappa shape index (κ2) is 8.72. The molecule has 0 heterocycles. The van der Waals surface area contributed by atoms with Crippen molar-refractivity contribution < 1.29 is 0 Å². The highest BCUT2D eigenvalue weighted by molar-refractivity contribution is 5.85. The highest BCUT2D eigenvalue weighted by atomic mass is 35.5. The van der Waals surface area contributed by atoms with Crippen LogP contribution in [0.4, 0.5) is 0 Å². The van der Waals surface area contributed by atoms with E-state index in [2.05, 4.69) is 22.9 Å². The lowest BCUT2D eigenvalue weighted by atomic mass is 10.5. The molecule has 0 radical (unpaired) electrons. The van der Waals surface area contributed by atoms with Crippen LogP contribution in [-0.2, 0) is 0 Å². The first-order valence-electron chi connectivity index (χ1n) is 3.96. The topological polar surface area (TPSA) is 28.0 Å². The summed E-state index contributed by atoms with van der Waals surface area (Å²) in [6.45, 7) is 4.92. The maximum Gasteiger partial charge on any atom is 0.110 e. The lowest BCUT2D eigenvalue weighted by Crippen LogP contribution is -2.21. The van der Waals surface area contributed by atoms with E-state index in [1.165, 1.54) is 0 Å². The predicted octanol–water partition coefficient (Wildman–Crippen LogP) is 1.90. The van der Waals surface area contributed by atoms with Gasteiger partial charge in [0, 0.05) is 6.54 Å². The molecule has 0 bridgehead atoms. The van der Waals surface area contributed by atoms with Crippen LogP contribution in [0.5, 0.6) is 0 Å². The Bertz CT molecular complexity index is 150. The third kappa shape index (κ3) is 7.73. The van der Waals surface area contributed by atoms with Crippen LogP contribution in [0.1, 0.15) is 20.3 Å². The van der Waals surface area contributed by atoms with Crippen LogP contribution in [0.2, 0.25) is 0 Å². The molecule has 0 aromatic carbocycles. The Balaban J connectivity index is 0. The third-order valence-corrected chi connectivity index (χ3v) is 1.40. The molecule has 1 unspecified atom stereocenters. The summed E-state index contributed by atoms with van der Waals surface area (Å²) >= 11 is 0. The van der Waals surface area contributed by atoms with Gasteiger partial charge in [-0.05, 0) is 27.4 Å². The van der Waals surface area contributed by atoms with E-state index in [9.17, 15) is 0 Å². The molecule has 3 nitrogen and oxygen atoms in total. The summed E-state index contributed by atoms with van der Waals surface area (Å²) in [5, 5.41) is 0. The highest BCUT2D eigenvalue weighted by Crippen LogP contribution is 1.89. The summed E-state index contributed by atoms with van der Waals surface area (Å²) in [5.74, 6) is 0. The largest absolute Gasteiger partial charge is 0.288 e. The molecule has 0 saturated carbocycles. The van der Waals surface area contributed by atoms with Crippen LogP contribution >= 0.6 is 12.4 Å². The van der Waals surface area contributed by atoms with Crippen molar-refractivity contribution in [2.75, 3.05) is 20.6 Å². The molecule has 0 aromatic heterocycles. The fourth-order valence-corrected chi connectivity index (χ4v) is 0.402. The Labute approximate surface area is 81.0 Å². The summed E-state index contributed by atoms with van der Waals surface area (Å²) in [7, 11) is 3.96. The van der Waals surface area contributed by atoms with E-state index in [-0.39, 0.29) is 18.6 Å². The second-order valence-corrected chi connectivity index (χ2v) is 2.71. The Morgan fingerprint density at radius 1 is 1.42 bits per heavy atom. The van der Waals surface area contributed by atoms with Crippen molar-refractivity contribution in [3.8, 4) is 0 Å². The number of halogens is 1.